The largest absolute Gasteiger partial charge is 0.321 e. The monoisotopic (exact) mass is 281 g/mol. The molecule has 0 aromatic heterocycles. The average molecular weight is 281 g/mol. The van der Waals surface area contributed by atoms with E-state index in [1.807, 2.05) is 0 Å². The van der Waals surface area contributed by atoms with Gasteiger partial charge in [-0.15, -0.1) is 0 Å². The maximum atomic E-state index is 14.4. The molecular formula is C17H25F2N. The number of hydrogen-bond donors (Lipinski definition) is 1. The van der Waals surface area contributed by atoms with Crippen LogP contribution >= 0.6 is 0 Å². The predicted molar refractivity (Wildman–Crippen MR) is 78.4 cm³/mol. The molecule has 1 aromatic rings. The molecule has 1 aliphatic carbocycles. The van der Waals surface area contributed by atoms with Crippen LogP contribution in [-0.2, 0) is 5.54 Å². The zero-order chi connectivity index (χ0) is 14.9. The van der Waals surface area contributed by atoms with Gasteiger partial charge in [-0.1, -0.05) is 32.8 Å². The van der Waals surface area contributed by atoms with Crippen molar-refractivity contribution in [1.82, 2.24) is 0 Å². The highest BCUT2D eigenvalue weighted by molar-refractivity contribution is 5.33. The smallest absolute Gasteiger partial charge is 0.134 e. The first-order valence-corrected chi connectivity index (χ1v) is 7.57. The summed E-state index contributed by atoms with van der Waals surface area (Å²) in [6.07, 6.45) is 4.49. The van der Waals surface area contributed by atoms with Crippen molar-refractivity contribution >= 4 is 0 Å². The first-order valence-electron chi connectivity index (χ1n) is 7.57. The van der Waals surface area contributed by atoms with Crippen molar-refractivity contribution in [2.45, 2.75) is 58.4 Å². The average Bonchev–Trinajstić information content (AvgIpc) is 2.33. The van der Waals surface area contributed by atoms with E-state index in [-0.39, 0.29) is 5.56 Å². The molecule has 1 nitrogen and oxygen atoms in total. The Morgan fingerprint density at radius 3 is 2.70 bits per heavy atom. The van der Waals surface area contributed by atoms with Crippen LogP contribution < -0.4 is 5.73 Å². The lowest BCUT2D eigenvalue weighted by Gasteiger charge is -2.39. The first-order chi connectivity index (χ1) is 9.33. The van der Waals surface area contributed by atoms with E-state index in [1.54, 1.807) is 6.92 Å². The van der Waals surface area contributed by atoms with E-state index in [9.17, 15) is 8.78 Å². The second-order valence-electron chi connectivity index (χ2n) is 6.80. The van der Waals surface area contributed by atoms with Gasteiger partial charge in [0.15, 0.2) is 0 Å². The van der Waals surface area contributed by atoms with Crippen molar-refractivity contribution in [3.05, 3.63) is 34.9 Å². The Kier molecular flexibility index (Phi) is 4.48. The molecule has 1 saturated carbocycles. The van der Waals surface area contributed by atoms with Crippen molar-refractivity contribution in [3.63, 3.8) is 0 Å². The molecule has 0 radical (unpaired) electrons. The van der Waals surface area contributed by atoms with Crippen LogP contribution in [0.5, 0.6) is 0 Å². The molecule has 3 heteroatoms. The summed E-state index contributed by atoms with van der Waals surface area (Å²) in [5.41, 5.74) is 6.16. The Morgan fingerprint density at radius 2 is 2.05 bits per heavy atom. The van der Waals surface area contributed by atoms with Gasteiger partial charge in [-0.3, -0.25) is 0 Å². The third-order valence-electron chi connectivity index (χ3n) is 4.48. The molecule has 0 bridgehead atoms. The van der Waals surface area contributed by atoms with E-state index in [2.05, 4.69) is 13.8 Å². The highest BCUT2D eigenvalue weighted by Gasteiger charge is 2.38. The minimum Gasteiger partial charge on any atom is -0.321 e. The normalized spacial score (nSPS) is 27.1. The van der Waals surface area contributed by atoms with Gasteiger partial charge in [0.25, 0.3) is 0 Å². The van der Waals surface area contributed by atoms with Crippen LogP contribution in [0.1, 0.15) is 57.1 Å². The number of aryl methyl sites for hydroxylation is 1. The lowest BCUT2D eigenvalue weighted by molar-refractivity contribution is 0.193. The molecular weight excluding hydrogens is 256 g/mol. The van der Waals surface area contributed by atoms with Crippen molar-refractivity contribution in [2.75, 3.05) is 0 Å². The number of halogens is 2. The molecule has 0 amide bonds. The highest BCUT2D eigenvalue weighted by atomic mass is 19.1. The summed E-state index contributed by atoms with van der Waals surface area (Å²) in [5.74, 6) is 0.0982. The second-order valence-corrected chi connectivity index (χ2v) is 6.80. The van der Waals surface area contributed by atoms with Crippen LogP contribution in [0.3, 0.4) is 0 Å². The Labute approximate surface area is 120 Å². The van der Waals surface area contributed by atoms with Crippen molar-refractivity contribution < 1.29 is 8.78 Å². The fourth-order valence-corrected chi connectivity index (χ4v) is 3.63. The molecule has 2 unspecified atom stereocenters. The van der Waals surface area contributed by atoms with Crippen LogP contribution in [0.4, 0.5) is 8.78 Å². The SMILES string of the molecule is Cc1ccc(F)c(C2(N)CCCC(CC(C)C)C2)c1F. The second kappa shape index (κ2) is 5.80. The standard InChI is InChI=1S/C17H25F2N/c1-11(2)9-13-5-4-8-17(20,10-13)15-14(18)7-6-12(3)16(15)19/h6-7,11,13H,4-5,8-10,20H2,1-3H3. The molecule has 1 aliphatic rings. The van der Waals surface area contributed by atoms with Crippen molar-refractivity contribution in [2.24, 2.45) is 17.6 Å². The summed E-state index contributed by atoms with van der Waals surface area (Å²) in [7, 11) is 0. The van der Waals surface area contributed by atoms with E-state index >= 15 is 0 Å². The minimum absolute atomic E-state index is 0.103. The van der Waals surface area contributed by atoms with E-state index in [0.29, 0.717) is 30.2 Å². The molecule has 0 heterocycles. The van der Waals surface area contributed by atoms with Crippen molar-refractivity contribution in [3.8, 4) is 0 Å². The Balaban J connectivity index is 2.33. The number of rotatable bonds is 3. The number of hydrogen-bond acceptors (Lipinski definition) is 1. The Hall–Kier alpha value is -0.960. The number of nitrogens with two attached hydrogens (primary N) is 1. The highest BCUT2D eigenvalue weighted by Crippen LogP contribution is 2.42. The third kappa shape index (κ3) is 3.03. The molecule has 2 N–H and O–H groups in total. The van der Waals surface area contributed by atoms with Crippen LogP contribution in [0.2, 0.25) is 0 Å². The topological polar surface area (TPSA) is 26.0 Å². The maximum absolute atomic E-state index is 14.4. The van der Waals surface area contributed by atoms with Gasteiger partial charge in [0.1, 0.15) is 11.6 Å². The summed E-state index contributed by atoms with van der Waals surface area (Å²) < 4.78 is 28.5. The zero-order valence-electron chi connectivity index (χ0n) is 12.7. The van der Waals surface area contributed by atoms with Crippen LogP contribution in [0.15, 0.2) is 12.1 Å². The summed E-state index contributed by atoms with van der Waals surface area (Å²) in [6, 6.07) is 2.82. The van der Waals surface area contributed by atoms with Gasteiger partial charge in [-0.25, -0.2) is 8.78 Å². The van der Waals surface area contributed by atoms with Crippen LogP contribution in [0, 0.1) is 30.4 Å². The minimum atomic E-state index is -0.849. The Morgan fingerprint density at radius 1 is 1.35 bits per heavy atom. The van der Waals surface area contributed by atoms with Gasteiger partial charge in [0.2, 0.25) is 0 Å². The summed E-state index contributed by atoms with van der Waals surface area (Å²) >= 11 is 0. The van der Waals surface area contributed by atoms with Gasteiger partial charge in [-0.05, 0) is 49.7 Å². The summed E-state index contributed by atoms with van der Waals surface area (Å²) in [5, 5.41) is 0. The summed E-state index contributed by atoms with van der Waals surface area (Å²) in [6.45, 7) is 6.03. The van der Waals surface area contributed by atoms with E-state index in [1.165, 1.54) is 12.1 Å². The molecule has 0 saturated heterocycles. The molecule has 1 aromatic carbocycles. The fourth-order valence-electron chi connectivity index (χ4n) is 3.63. The van der Waals surface area contributed by atoms with Gasteiger partial charge in [0, 0.05) is 11.1 Å². The maximum Gasteiger partial charge on any atom is 0.134 e. The van der Waals surface area contributed by atoms with Crippen molar-refractivity contribution in [1.29, 1.82) is 0 Å². The van der Waals surface area contributed by atoms with Crippen LogP contribution in [-0.4, -0.2) is 0 Å². The molecule has 2 rings (SSSR count). The quantitative estimate of drug-likeness (QED) is 0.856. The fraction of sp³-hybridized carbons (Fsp3) is 0.647. The lowest BCUT2D eigenvalue weighted by Crippen LogP contribution is -2.43. The molecule has 112 valence electrons. The van der Waals surface area contributed by atoms with Gasteiger partial charge in [0.05, 0.1) is 0 Å². The zero-order valence-corrected chi connectivity index (χ0v) is 12.7. The lowest BCUT2D eigenvalue weighted by atomic mass is 9.70. The van der Waals surface area contributed by atoms with E-state index < -0.39 is 17.2 Å². The van der Waals surface area contributed by atoms with Gasteiger partial charge < -0.3 is 5.73 Å². The molecule has 1 fully saturated rings. The summed E-state index contributed by atoms with van der Waals surface area (Å²) in [4.78, 5) is 0. The van der Waals surface area contributed by atoms with E-state index in [0.717, 1.165) is 19.3 Å². The first kappa shape index (κ1) is 15.4. The molecule has 2 atom stereocenters. The van der Waals surface area contributed by atoms with E-state index in [4.69, 9.17) is 5.73 Å². The third-order valence-corrected chi connectivity index (χ3v) is 4.48. The predicted octanol–water partition coefficient (Wildman–Crippen LogP) is 4.66. The molecule has 0 aliphatic heterocycles. The molecule has 20 heavy (non-hydrogen) atoms. The van der Waals surface area contributed by atoms with Gasteiger partial charge >= 0.3 is 0 Å². The Bertz CT molecular complexity index is 484. The number of benzene rings is 1. The molecule has 0 spiro atoms. The van der Waals surface area contributed by atoms with Crippen LogP contribution in [0.25, 0.3) is 0 Å². The van der Waals surface area contributed by atoms with Gasteiger partial charge in [-0.2, -0.15) is 0 Å².